The molecule has 0 atom stereocenters. The number of esters is 1. The third-order valence-electron chi connectivity index (χ3n) is 7.55. The molecule has 0 aliphatic carbocycles. The van der Waals surface area contributed by atoms with Crippen LogP contribution in [0.15, 0.2) is 95.5 Å². The molecule has 1 aliphatic rings. The number of allylic oxidation sites excluding steroid dienone is 2. The first kappa shape index (κ1) is 31.4. The van der Waals surface area contributed by atoms with Gasteiger partial charge >= 0.3 is 5.97 Å². The third kappa shape index (κ3) is 8.68. The van der Waals surface area contributed by atoms with Gasteiger partial charge in [-0.2, -0.15) is 0 Å². The highest BCUT2D eigenvalue weighted by atomic mass is 16.5. The van der Waals surface area contributed by atoms with Crippen molar-refractivity contribution in [2.75, 3.05) is 32.1 Å². The van der Waals surface area contributed by atoms with Gasteiger partial charge in [0.05, 0.1) is 12.7 Å². The minimum Gasteiger partial charge on any atom is -0.488 e. The highest BCUT2D eigenvalue weighted by Crippen LogP contribution is 2.35. The molecule has 0 bridgehead atoms. The van der Waals surface area contributed by atoms with Crippen LogP contribution in [0.2, 0.25) is 0 Å². The fourth-order valence-electron chi connectivity index (χ4n) is 4.97. The van der Waals surface area contributed by atoms with Crippen molar-refractivity contribution in [3.8, 4) is 0 Å². The van der Waals surface area contributed by atoms with Gasteiger partial charge in [-0.1, -0.05) is 66.7 Å². The van der Waals surface area contributed by atoms with Crippen LogP contribution in [0, 0.1) is 0 Å². The van der Waals surface area contributed by atoms with Crippen LogP contribution in [0.25, 0.3) is 11.3 Å². The molecule has 5 heteroatoms. The molecule has 0 radical (unpaired) electrons. The number of rotatable bonds is 8. The number of hydrogen-bond donors (Lipinski definition) is 0. The van der Waals surface area contributed by atoms with E-state index in [0.717, 1.165) is 48.2 Å². The van der Waals surface area contributed by atoms with E-state index >= 15 is 0 Å². The van der Waals surface area contributed by atoms with E-state index in [-0.39, 0.29) is 5.97 Å². The minimum atomic E-state index is -0.390. The number of benzene rings is 3. The maximum absolute atomic E-state index is 12.6. The Morgan fingerprint density at radius 3 is 2.10 bits per heavy atom. The highest BCUT2D eigenvalue weighted by molar-refractivity contribution is 5.97. The van der Waals surface area contributed by atoms with Crippen molar-refractivity contribution in [3.63, 3.8) is 0 Å². The summed E-state index contributed by atoms with van der Waals surface area (Å²) in [5, 5.41) is 0. The summed E-state index contributed by atoms with van der Waals surface area (Å²) in [6.07, 6.45) is 6.12. The first-order valence-corrected chi connectivity index (χ1v) is 14.3. The van der Waals surface area contributed by atoms with Crippen LogP contribution in [0.5, 0.6) is 0 Å². The van der Waals surface area contributed by atoms with Crippen molar-refractivity contribution in [3.05, 3.63) is 113 Å². The SMILES string of the molecule is C/C=C(/C)c1cc(N2CCC(c3ccccc3)CC2)ccc1/C(OCc1ccccc1)=C(\C)C(=O)OC.CC=NC. The van der Waals surface area contributed by atoms with Crippen molar-refractivity contribution >= 4 is 29.2 Å². The molecule has 0 unspecified atom stereocenters. The van der Waals surface area contributed by atoms with Gasteiger partial charge in [0.2, 0.25) is 0 Å². The third-order valence-corrected chi connectivity index (χ3v) is 7.55. The molecule has 41 heavy (non-hydrogen) atoms. The number of nitrogens with zero attached hydrogens (tertiary/aromatic N) is 2. The van der Waals surface area contributed by atoms with Crippen molar-refractivity contribution in [2.45, 2.75) is 53.1 Å². The molecule has 216 valence electrons. The molecule has 0 N–H and O–H groups in total. The van der Waals surface area contributed by atoms with Gasteiger partial charge in [0.15, 0.2) is 0 Å². The average molecular weight is 553 g/mol. The highest BCUT2D eigenvalue weighted by Gasteiger charge is 2.23. The molecular formula is C36H44N2O3. The monoisotopic (exact) mass is 552 g/mol. The number of aliphatic imine (C=N–C) groups is 1. The summed E-state index contributed by atoms with van der Waals surface area (Å²) in [5.74, 6) is 0.775. The van der Waals surface area contributed by atoms with E-state index in [9.17, 15) is 4.79 Å². The Morgan fingerprint density at radius 2 is 1.54 bits per heavy atom. The van der Waals surface area contributed by atoms with Crippen molar-refractivity contribution in [2.24, 2.45) is 4.99 Å². The molecule has 1 saturated heterocycles. The lowest BCUT2D eigenvalue weighted by Gasteiger charge is -2.34. The summed E-state index contributed by atoms with van der Waals surface area (Å²) in [6, 6.07) is 27.3. The molecule has 5 nitrogen and oxygen atoms in total. The molecule has 0 amide bonds. The Hall–Kier alpha value is -4.12. The molecular weight excluding hydrogens is 508 g/mol. The van der Waals surface area contributed by atoms with Gasteiger partial charge in [-0.05, 0) is 93.1 Å². The number of ether oxygens (including phenoxy) is 2. The first-order chi connectivity index (χ1) is 19.9. The van der Waals surface area contributed by atoms with Crippen LogP contribution in [-0.4, -0.2) is 39.4 Å². The maximum Gasteiger partial charge on any atom is 0.337 e. The molecule has 0 spiro atoms. The van der Waals surface area contributed by atoms with Gasteiger partial charge in [-0.3, -0.25) is 0 Å². The maximum atomic E-state index is 12.6. The molecule has 1 heterocycles. The van der Waals surface area contributed by atoms with Crippen LogP contribution in [-0.2, 0) is 20.9 Å². The van der Waals surface area contributed by atoms with Crippen LogP contribution in [0.3, 0.4) is 0 Å². The number of methoxy groups -OCH3 is 1. The Balaban J connectivity index is 0.00000108. The lowest BCUT2D eigenvalue weighted by atomic mass is 9.89. The summed E-state index contributed by atoms with van der Waals surface area (Å²) >= 11 is 0. The zero-order valence-electron chi connectivity index (χ0n) is 25.4. The van der Waals surface area contributed by atoms with Gasteiger partial charge in [0.1, 0.15) is 12.4 Å². The van der Waals surface area contributed by atoms with Crippen LogP contribution in [0.4, 0.5) is 5.69 Å². The fourth-order valence-corrected chi connectivity index (χ4v) is 4.97. The lowest BCUT2D eigenvalue weighted by molar-refractivity contribution is -0.136. The first-order valence-electron chi connectivity index (χ1n) is 14.3. The Kier molecular flexibility index (Phi) is 12.4. The van der Waals surface area contributed by atoms with Crippen LogP contribution < -0.4 is 4.90 Å². The molecule has 3 aromatic carbocycles. The number of hydrogen-bond acceptors (Lipinski definition) is 5. The van der Waals surface area contributed by atoms with Crippen molar-refractivity contribution in [1.29, 1.82) is 0 Å². The van der Waals surface area contributed by atoms with Gasteiger partial charge in [-0.15, -0.1) is 0 Å². The van der Waals surface area contributed by atoms with E-state index in [2.05, 4.69) is 71.4 Å². The van der Waals surface area contributed by atoms with E-state index in [1.807, 2.05) is 44.2 Å². The quantitative estimate of drug-likeness (QED) is 0.122. The van der Waals surface area contributed by atoms with E-state index in [1.54, 1.807) is 20.2 Å². The van der Waals surface area contributed by atoms with E-state index in [4.69, 9.17) is 9.47 Å². The smallest absolute Gasteiger partial charge is 0.337 e. The molecule has 3 aromatic rings. The predicted octanol–water partition coefficient (Wildman–Crippen LogP) is 8.32. The summed E-state index contributed by atoms with van der Waals surface area (Å²) in [6.45, 7) is 10.2. The molecule has 0 aromatic heterocycles. The molecule has 1 fully saturated rings. The van der Waals surface area contributed by atoms with Gasteiger partial charge in [-0.25, -0.2) is 4.79 Å². The normalized spacial score (nSPS) is 14.7. The topological polar surface area (TPSA) is 51.1 Å². The number of anilines is 1. The largest absolute Gasteiger partial charge is 0.488 e. The standard InChI is InChI=1S/C33H37NO3.C3H7N/c1-5-24(2)31-22-29(34-20-18-28(19-21-34)27-14-10-7-11-15-27)16-17-30(31)32(25(3)33(35)36-4)37-23-26-12-8-6-9-13-26;1-3-4-2/h5-17,22,28H,18-21,23H2,1-4H3;3H,1-2H3/b24-5-,32-25-;. The average Bonchev–Trinajstić information content (AvgIpc) is 3.05. The molecule has 0 saturated carbocycles. The number of carbonyl (C=O) groups is 1. The zero-order chi connectivity index (χ0) is 29.6. The Morgan fingerprint density at radius 1 is 0.927 bits per heavy atom. The minimum absolute atomic E-state index is 0.369. The van der Waals surface area contributed by atoms with Crippen LogP contribution in [0.1, 0.15) is 68.7 Å². The van der Waals surface area contributed by atoms with E-state index in [0.29, 0.717) is 23.9 Å². The lowest BCUT2D eigenvalue weighted by Crippen LogP contribution is -2.32. The van der Waals surface area contributed by atoms with E-state index in [1.165, 1.54) is 18.4 Å². The van der Waals surface area contributed by atoms with E-state index < -0.39 is 0 Å². The van der Waals surface area contributed by atoms with Crippen molar-refractivity contribution in [1.82, 2.24) is 0 Å². The van der Waals surface area contributed by atoms with Crippen molar-refractivity contribution < 1.29 is 14.3 Å². The second-order valence-electron chi connectivity index (χ2n) is 10.1. The van der Waals surface area contributed by atoms with Crippen LogP contribution >= 0.6 is 0 Å². The second-order valence-corrected chi connectivity index (χ2v) is 10.1. The fraction of sp³-hybridized carbons (Fsp3) is 0.333. The number of carbonyl (C=O) groups excluding carboxylic acids is 1. The second kappa shape index (κ2) is 16.2. The molecule has 1 aliphatic heterocycles. The zero-order valence-corrected chi connectivity index (χ0v) is 25.4. The number of piperidine rings is 1. The Bertz CT molecular complexity index is 1330. The van der Waals surface area contributed by atoms with Gasteiger partial charge < -0.3 is 19.4 Å². The summed E-state index contributed by atoms with van der Waals surface area (Å²) in [4.78, 5) is 18.6. The predicted molar refractivity (Wildman–Crippen MR) is 172 cm³/mol. The van der Waals surface area contributed by atoms with Gasteiger partial charge in [0, 0.05) is 31.4 Å². The van der Waals surface area contributed by atoms with Gasteiger partial charge in [0.25, 0.3) is 0 Å². The Labute approximate surface area is 246 Å². The molecule has 4 rings (SSSR count). The summed E-state index contributed by atoms with van der Waals surface area (Å²) < 4.78 is 11.4. The summed E-state index contributed by atoms with van der Waals surface area (Å²) in [5.41, 5.74) is 7.24. The summed E-state index contributed by atoms with van der Waals surface area (Å²) in [7, 11) is 3.15.